The van der Waals surface area contributed by atoms with Gasteiger partial charge in [-0.3, -0.25) is 19.7 Å². The lowest BCUT2D eigenvalue weighted by Gasteiger charge is -2.36. The molecule has 1 heterocycles. The molecule has 180 valence electrons. The molecule has 0 unspecified atom stereocenters. The van der Waals surface area contributed by atoms with E-state index < -0.39 is 10.8 Å². The number of anilines is 2. The quantitative estimate of drug-likeness (QED) is 0.397. The molecule has 8 nitrogen and oxygen atoms in total. The standard InChI is InChI=1S/C26H25ClN4O4/c1-18-3-2-4-19(15-18)16-25(32)30-13-11-29(12-14-30)22-8-6-21(7-9-22)28-26(33)20-5-10-23(27)24(17-20)31(34)35/h2-10,15,17H,11-14,16H2,1H3,(H,28,33). The first-order valence-corrected chi connectivity index (χ1v) is 11.6. The Morgan fingerprint density at radius 3 is 2.37 bits per heavy atom. The van der Waals surface area contributed by atoms with E-state index in [4.69, 9.17) is 11.6 Å². The lowest BCUT2D eigenvalue weighted by Crippen LogP contribution is -2.49. The molecule has 0 aromatic heterocycles. The van der Waals surface area contributed by atoms with Crippen molar-refractivity contribution in [1.82, 2.24) is 4.90 Å². The van der Waals surface area contributed by atoms with Gasteiger partial charge in [0.15, 0.2) is 0 Å². The Morgan fingerprint density at radius 1 is 1.00 bits per heavy atom. The maximum absolute atomic E-state index is 12.7. The lowest BCUT2D eigenvalue weighted by atomic mass is 10.1. The number of carbonyl (C=O) groups excluding carboxylic acids is 2. The van der Waals surface area contributed by atoms with E-state index in [9.17, 15) is 19.7 Å². The molecule has 35 heavy (non-hydrogen) atoms. The smallest absolute Gasteiger partial charge is 0.288 e. The number of rotatable bonds is 6. The molecule has 0 radical (unpaired) electrons. The van der Waals surface area contributed by atoms with Crippen molar-refractivity contribution in [3.63, 3.8) is 0 Å². The summed E-state index contributed by atoms with van der Waals surface area (Å²) in [5.41, 5.74) is 3.58. The fourth-order valence-corrected chi connectivity index (χ4v) is 4.26. The topological polar surface area (TPSA) is 95.8 Å². The van der Waals surface area contributed by atoms with Crippen molar-refractivity contribution in [2.45, 2.75) is 13.3 Å². The van der Waals surface area contributed by atoms with Gasteiger partial charge in [0.2, 0.25) is 5.91 Å². The van der Waals surface area contributed by atoms with Gasteiger partial charge in [-0.15, -0.1) is 0 Å². The fraction of sp³-hybridized carbons (Fsp3) is 0.231. The molecule has 0 spiro atoms. The van der Waals surface area contributed by atoms with Crippen LogP contribution in [0.4, 0.5) is 17.1 Å². The van der Waals surface area contributed by atoms with E-state index in [-0.39, 0.29) is 22.2 Å². The van der Waals surface area contributed by atoms with Crippen LogP contribution in [0.3, 0.4) is 0 Å². The molecule has 1 saturated heterocycles. The zero-order chi connectivity index (χ0) is 24.9. The second-order valence-electron chi connectivity index (χ2n) is 8.46. The second-order valence-corrected chi connectivity index (χ2v) is 8.87. The number of nitrogens with zero attached hydrogens (tertiary/aromatic N) is 3. The number of piperazine rings is 1. The van der Waals surface area contributed by atoms with Crippen LogP contribution in [0, 0.1) is 17.0 Å². The van der Waals surface area contributed by atoms with Crippen LogP contribution in [0.1, 0.15) is 21.5 Å². The summed E-state index contributed by atoms with van der Waals surface area (Å²) < 4.78 is 0. The summed E-state index contributed by atoms with van der Waals surface area (Å²) in [7, 11) is 0. The molecule has 3 aromatic rings. The van der Waals surface area contributed by atoms with Crippen molar-refractivity contribution in [2.75, 3.05) is 36.4 Å². The van der Waals surface area contributed by atoms with E-state index in [2.05, 4.69) is 10.2 Å². The highest BCUT2D eigenvalue weighted by Gasteiger charge is 2.22. The predicted molar refractivity (Wildman–Crippen MR) is 136 cm³/mol. The van der Waals surface area contributed by atoms with Crippen molar-refractivity contribution < 1.29 is 14.5 Å². The predicted octanol–water partition coefficient (Wildman–Crippen LogP) is 4.70. The normalized spacial score (nSPS) is 13.4. The molecule has 0 aliphatic carbocycles. The number of benzene rings is 3. The van der Waals surface area contributed by atoms with Crippen molar-refractivity contribution in [3.05, 3.63) is 98.6 Å². The molecule has 2 amide bonds. The minimum absolute atomic E-state index is 0.0205. The first kappa shape index (κ1) is 24.2. The number of nitro benzene ring substituents is 1. The SMILES string of the molecule is Cc1cccc(CC(=O)N2CCN(c3ccc(NC(=O)c4ccc(Cl)c([N+](=O)[O-])c4)cc3)CC2)c1. The number of amides is 2. The van der Waals surface area contributed by atoms with E-state index in [1.807, 2.05) is 48.2 Å². The summed E-state index contributed by atoms with van der Waals surface area (Å²) in [6.45, 7) is 4.77. The Balaban J connectivity index is 1.32. The number of hydrogen-bond donors (Lipinski definition) is 1. The van der Waals surface area contributed by atoms with Crippen molar-refractivity contribution in [1.29, 1.82) is 0 Å². The van der Waals surface area contributed by atoms with E-state index in [1.54, 1.807) is 12.1 Å². The molecule has 0 atom stereocenters. The van der Waals surface area contributed by atoms with Crippen molar-refractivity contribution in [2.24, 2.45) is 0 Å². The number of carbonyl (C=O) groups is 2. The van der Waals surface area contributed by atoms with Crippen LogP contribution >= 0.6 is 11.6 Å². The Morgan fingerprint density at radius 2 is 1.71 bits per heavy atom. The highest BCUT2D eigenvalue weighted by atomic mass is 35.5. The third kappa shape index (κ3) is 5.96. The van der Waals surface area contributed by atoms with Crippen LogP contribution in [-0.2, 0) is 11.2 Å². The van der Waals surface area contributed by atoms with Gasteiger partial charge in [-0.25, -0.2) is 0 Å². The van der Waals surface area contributed by atoms with Gasteiger partial charge in [0.25, 0.3) is 11.6 Å². The Bertz CT molecular complexity index is 1250. The van der Waals surface area contributed by atoms with Gasteiger partial charge in [-0.05, 0) is 48.9 Å². The zero-order valence-electron chi connectivity index (χ0n) is 19.2. The Kier molecular flexibility index (Phi) is 7.31. The largest absolute Gasteiger partial charge is 0.368 e. The molecule has 1 aliphatic rings. The van der Waals surface area contributed by atoms with Gasteiger partial charge in [-0.2, -0.15) is 0 Å². The third-order valence-corrected chi connectivity index (χ3v) is 6.29. The van der Waals surface area contributed by atoms with Gasteiger partial charge in [0, 0.05) is 49.2 Å². The monoisotopic (exact) mass is 492 g/mol. The summed E-state index contributed by atoms with van der Waals surface area (Å²) >= 11 is 5.82. The van der Waals surface area contributed by atoms with Crippen molar-refractivity contribution >= 4 is 40.5 Å². The summed E-state index contributed by atoms with van der Waals surface area (Å²) in [4.78, 5) is 39.7. The van der Waals surface area contributed by atoms with Gasteiger partial charge in [-0.1, -0.05) is 41.4 Å². The van der Waals surface area contributed by atoms with E-state index >= 15 is 0 Å². The molecular weight excluding hydrogens is 468 g/mol. The van der Waals surface area contributed by atoms with E-state index in [1.165, 1.54) is 12.1 Å². The molecule has 4 rings (SSSR count). The summed E-state index contributed by atoms with van der Waals surface area (Å²) in [5.74, 6) is -0.325. The number of aryl methyl sites for hydroxylation is 1. The van der Waals surface area contributed by atoms with Crippen LogP contribution in [0.15, 0.2) is 66.7 Å². The van der Waals surface area contributed by atoms with Gasteiger partial charge in [0.1, 0.15) is 5.02 Å². The maximum Gasteiger partial charge on any atom is 0.288 e. The molecule has 3 aromatic carbocycles. The minimum atomic E-state index is -0.621. The zero-order valence-corrected chi connectivity index (χ0v) is 20.0. The molecule has 0 bridgehead atoms. The number of halogens is 1. The van der Waals surface area contributed by atoms with Gasteiger partial charge < -0.3 is 15.1 Å². The average molecular weight is 493 g/mol. The van der Waals surface area contributed by atoms with Crippen LogP contribution in [0.5, 0.6) is 0 Å². The van der Waals surface area contributed by atoms with Crippen molar-refractivity contribution in [3.8, 4) is 0 Å². The Hall–Kier alpha value is -3.91. The van der Waals surface area contributed by atoms with Gasteiger partial charge in [0.05, 0.1) is 11.3 Å². The molecular formula is C26H25ClN4O4. The second kappa shape index (κ2) is 10.6. The first-order chi connectivity index (χ1) is 16.8. The van der Waals surface area contributed by atoms with Crippen LogP contribution in [-0.4, -0.2) is 47.8 Å². The highest BCUT2D eigenvalue weighted by Crippen LogP contribution is 2.26. The van der Waals surface area contributed by atoms with Gasteiger partial charge >= 0.3 is 0 Å². The van der Waals surface area contributed by atoms with Crippen LogP contribution in [0.25, 0.3) is 0 Å². The number of nitrogens with one attached hydrogen (secondary N) is 1. The van der Waals surface area contributed by atoms with E-state index in [0.29, 0.717) is 25.2 Å². The lowest BCUT2D eigenvalue weighted by molar-refractivity contribution is -0.384. The maximum atomic E-state index is 12.7. The molecule has 1 fully saturated rings. The summed E-state index contributed by atoms with van der Waals surface area (Å²) in [6, 6.07) is 19.3. The summed E-state index contributed by atoms with van der Waals surface area (Å²) in [6.07, 6.45) is 0.410. The van der Waals surface area contributed by atoms with Crippen LogP contribution < -0.4 is 10.2 Å². The molecule has 1 aliphatic heterocycles. The van der Waals surface area contributed by atoms with Crippen LogP contribution in [0.2, 0.25) is 5.02 Å². The number of hydrogen-bond acceptors (Lipinski definition) is 5. The average Bonchev–Trinajstić information content (AvgIpc) is 2.84. The number of nitro groups is 1. The Labute approximate surface area is 208 Å². The first-order valence-electron chi connectivity index (χ1n) is 11.2. The summed E-state index contributed by atoms with van der Waals surface area (Å²) in [5, 5.41) is 13.8. The molecule has 0 saturated carbocycles. The highest BCUT2D eigenvalue weighted by molar-refractivity contribution is 6.32. The third-order valence-electron chi connectivity index (χ3n) is 5.97. The minimum Gasteiger partial charge on any atom is -0.368 e. The fourth-order valence-electron chi connectivity index (χ4n) is 4.08. The molecule has 1 N–H and O–H groups in total. The molecule has 9 heteroatoms. The van der Waals surface area contributed by atoms with E-state index in [0.717, 1.165) is 36.0 Å².